The van der Waals surface area contributed by atoms with Crippen LogP contribution in [0.2, 0.25) is 0 Å². The molecule has 0 aromatic heterocycles. The van der Waals surface area contributed by atoms with Crippen molar-refractivity contribution >= 4 is 27.4 Å². The molecule has 1 aliphatic carbocycles. The minimum absolute atomic E-state index is 0.0240. The average Bonchev–Trinajstić information content (AvgIpc) is 2.51. The Kier molecular flexibility index (Phi) is 5.87. The van der Waals surface area contributed by atoms with Crippen LogP contribution in [-0.2, 0) is 10.0 Å². The van der Waals surface area contributed by atoms with Crippen molar-refractivity contribution in [3.05, 3.63) is 23.8 Å². The van der Waals surface area contributed by atoms with Gasteiger partial charge in [0.1, 0.15) is 0 Å². The van der Waals surface area contributed by atoms with Gasteiger partial charge in [-0.2, -0.15) is 0 Å². The number of aryl methyl sites for hydroxylation is 1. The maximum Gasteiger partial charge on any atom is 0.319 e. The molecular weight excluding hydrogens is 314 g/mol. The summed E-state index contributed by atoms with van der Waals surface area (Å²) in [5, 5.41) is 5.79. The Labute approximate surface area is 138 Å². The Bertz CT molecular complexity index is 653. The van der Waals surface area contributed by atoms with Crippen LogP contribution in [0.15, 0.2) is 18.2 Å². The number of nitrogens with one attached hydrogen (secondary N) is 3. The molecule has 0 spiro atoms. The van der Waals surface area contributed by atoms with Gasteiger partial charge in [-0.15, -0.1) is 0 Å². The average molecular weight is 339 g/mol. The minimum atomic E-state index is -3.30. The van der Waals surface area contributed by atoms with Crippen LogP contribution in [0.1, 0.15) is 44.6 Å². The molecule has 2 rings (SSSR count). The maximum atomic E-state index is 12.0. The number of rotatable bonds is 5. The minimum Gasteiger partial charge on any atom is -0.335 e. The van der Waals surface area contributed by atoms with Gasteiger partial charge in [0.25, 0.3) is 0 Å². The fourth-order valence-electron chi connectivity index (χ4n) is 2.70. The summed E-state index contributed by atoms with van der Waals surface area (Å²) in [5.41, 5.74) is 1.94. The molecule has 0 atom stereocenters. The molecule has 128 valence electrons. The van der Waals surface area contributed by atoms with Crippen LogP contribution < -0.4 is 15.4 Å². The third-order valence-electron chi connectivity index (χ3n) is 4.07. The normalized spacial score (nSPS) is 15.9. The van der Waals surface area contributed by atoms with E-state index in [-0.39, 0.29) is 17.8 Å². The Hall–Kier alpha value is -1.76. The summed E-state index contributed by atoms with van der Waals surface area (Å²) in [6.07, 6.45) is 5.63. The molecular formula is C16H25N3O3S. The summed E-state index contributed by atoms with van der Waals surface area (Å²) in [7, 11) is -3.30. The number of anilines is 2. The van der Waals surface area contributed by atoms with E-state index in [0.717, 1.165) is 31.2 Å². The highest BCUT2D eigenvalue weighted by Gasteiger charge is 2.16. The van der Waals surface area contributed by atoms with Crippen molar-refractivity contribution in [2.24, 2.45) is 0 Å². The highest BCUT2D eigenvalue weighted by atomic mass is 32.2. The quantitative estimate of drug-likeness (QED) is 0.770. The summed E-state index contributed by atoms with van der Waals surface area (Å²) >= 11 is 0. The van der Waals surface area contributed by atoms with E-state index in [9.17, 15) is 13.2 Å². The maximum absolute atomic E-state index is 12.0. The summed E-state index contributed by atoms with van der Waals surface area (Å²) < 4.78 is 25.8. The molecule has 1 aromatic rings. The molecule has 0 radical (unpaired) electrons. The molecule has 6 nitrogen and oxygen atoms in total. The predicted molar refractivity (Wildman–Crippen MR) is 93.3 cm³/mol. The number of carbonyl (C=O) groups excluding carboxylic acids is 1. The van der Waals surface area contributed by atoms with Crippen molar-refractivity contribution in [3.63, 3.8) is 0 Å². The van der Waals surface area contributed by atoms with Crippen LogP contribution in [-0.4, -0.2) is 26.2 Å². The van der Waals surface area contributed by atoms with E-state index >= 15 is 0 Å². The number of sulfonamides is 1. The van der Waals surface area contributed by atoms with Gasteiger partial charge >= 0.3 is 6.03 Å². The number of carbonyl (C=O) groups is 1. The molecule has 1 aromatic carbocycles. The first kappa shape index (κ1) is 17.6. The molecule has 23 heavy (non-hydrogen) atoms. The van der Waals surface area contributed by atoms with Crippen molar-refractivity contribution in [1.29, 1.82) is 0 Å². The third-order valence-corrected chi connectivity index (χ3v) is 5.36. The number of amides is 2. The van der Waals surface area contributed by atoms with Crippen LogP contribution >= 0.6 is 0 Å². The predicted octanol–water partition coefficient (Wildman–Crippen LogP) is 3.21. The Morgan fingerprint density at radius 1 is 1.22 bits per heavy atom. The Morgan fingerprint density at radius 3 is 2.52 bits per heavy atom. The number of hydrogen-bond donors (Lipinski definition) is 3. The molecule has 1 saturated carbocycles. The fourth-order valence-corrected chi connectivity index (χ4v) is 3.40. The van der Waals surface area contributed by atoms with Crippen molar-refractivity contribution in [2.45, 2.75) is 52.0 Å². The molecule has 1 fully saturated rings. The van der Waals surface area contributed by atoms with Gasteiger partial charge in [0.05, 0.1) is 11.4 Å². The zero-order valence-electron chi connectivity index (χ0n) is 13.7. The lowest BCUT2D eigenvalue weighted by Gasteiger charge is -2.23. The highest BCUT2D eigenvalue weighted by molar-refractivity contribution is 7.92. The lowest BCUT2D eigenvalue weighted by molar-refractivity contribution is 0.244. The molecule has 2 amide bonds. The number of benzene rings is 1. The van der Waals surface area contributed by atoms with Gasteiger partial charge in [-0.25, -0.2) is 13.2 Å². The first-order valence-electron chi connectivity index (χ1n) is 8.08. The molecule has 0 heterocycles. The summed E-state index contributed by atoms with van der Waals surface area (Å²) in [5.74, 6) is 0.0240. The highest BCUT2D eigenvalue weighted by Crippen LogP contribution is 2.21. The smallest absolute Gasteiger partial charge is 0.319 e. The van der Waals surface area contributed by atoms with Gasteiger partial charge in [0.15, 0.2) is 0 Å². The fraction of sp³-hybridized carbons (Fsp3) is 0.562. The van der Waals surface area contributed by atoms with Gasteiger partial charge in [-0.05, 0) is 50.5 Å². The SMILES string of the molecule is CCS(=O)(=O)Nc1ccc(NC(=O)NC2CCCCC2)cc1C. The van der Waals surface area contributed by atoms with Gasteiger partial charge in [-0.3, -0.25) is 4.72 Å². The second-order valence-corrected chi connectivity index (χ2v) is 7.98. The second-order valence-electron chi connectivity index (χ2n) is 5.97. The van der Waals surface area contributed by atoms with Gasteiger partial charge in [0, 0.05) is 11.7 Å². The van der Waals surface area contributed by atoms with Crippen LogP contribution in [0.25, 0.3) is 0 Å². The molecule has 0 saturated heterocycles. The summed E-state index contributed by atoms with van der Waals surface area (Å²) in [6.45, 7) is 3.39. The van der Waals surface area contributed by atoms with Crippen LogP contribution in [0, 0.1) is 6.92 Å². The first-order chi connectivity index (χ1) is 10.9. The van der Waals surface area contributed by atoms with Crippen molar-refractivity contribution in [3.8, 4) is 0 Å². The first-order valence-corrected chi connectivity index (χ1v) is 9.73. The molecule has 0 bridgehead atoms. The summed E-state index contributed by atoms with van der Waals surface area (Å²) in [4.78, 5) is 12.0. The van der Waals surface area contributed by atoms with Crippen molar-refractivity contribution in [1.82, 2.24) is 5.32 Å². The van der Waals surface area contributed by atoms with Crippen LogP contribution in [0.5, 0.6) is 0 Å². The lowest BCUT2D eigenvalue weighted by Crippen LogP contribution is -2.39. The molecule has 3 N–H and O–H groups in total. The standard InChI is InChI=1S/C16H25N3O3S/c1-3-23(21,22)19-15-10-9-14(11-12(15)2)18-16(20)17-13-7-5-4-6-8-13/h9-11,13,19H,3-8H2,1-2H3,(H2,17,18,20). The zero-order chi connectivity index (χ0) is 16.9. The van der Waals surface area contributed by atoms with Gasteiger partial charge in [0.2, 0.25) is 10.0 Å². The lowest BCUT2D eigenvalue weighted by atomic mass is 9.96. The number of hydrogen-bond acceptors (Lipinski definition) is 3. The van der Waals surface area contributed by atoms with Crippen LogP contribution in [0.3, 0.4) is 0 Å². The van der Waals surface area contributed by atoms with Crippen molar-refractivity contribution in [2.75, 3.05) is 15.8 Å². The van der Waals surface area contributed by atoms with Gasteiger partial charge in [-0.1, -0.05) is 19.3 Å². The molecule has 7 heteroatoms. The monoisotopic (exact) mass is 339 g/mol. The Morgan fingerprint density at radius 2 is 1.91 bits per heavy atom. The van der Waals surface area contributed by atoms with E-state index in [2.05, 4.69) is 15.4 Å². The van der Waals surface area contributed by atoms with Crippen LogP contribution in [0.4, 0.5) is 16.2 Å². The second kappa shape index (κ2) is 7.68. The molecule has 1 aliphatic rings. The molecule has 0 unspecified atom stereocenters. The van der Waals surface area contributed by atoms with Crippen molar-refractivity contribution < 1.29 is 13.2 Å². The largest absolute Gasteiger partial charge is 0.335 e. The van der Waals surface area contributed by atoms with E-state index in [1.807, 2.05) is 0 Å². The zero-order valence-corrected chi connectivity index (χ0v) is 14.5. The third kappa shape index (κ3) is 5.42. The van der Waals surface area contributed by atoms with E-state index in [0.29, 0.717) is 11.4 Å². The topological polar surface area (TPSA) is 87.3 Å². The Balaban J connectivity index is 1.95. The number of urea groups is 1. The van der Waals surface area contributed by atoms with Gasteiger partial charge < -0.3 is 10.6 Å². The van der Waals surface area contributed by atoms with E-state index < -0.39 is 10.0 Å². The van der Waals surface area contributed by atoms with E-state index in [1.165, 1.54) is 6.42 Å². The summed E-state index contributed by atoms with van der Waals surface area (Å²) in [6, 6.07) is 5.16. The van der Waals surface area contributed by atoms with E-state index in [4.69, 9.17) is 0 Å². The van der Waals surface area contributed by atoms with E-state index in [1.54, 1.807) is 32.0 Å². The molecule has 0 aliphatic heterocycles.